The molecule has 12 heteroatoms. The summed E-state index contributed by atoms with van der Waals surface area (Å²) in [5.74, 6) is -0.625. The van der Waals surface area contributed by atoms with Gasteiger partial charge < -0.3 is 20.1 Å². The fraction of sp³-hybridized carbons (Fsp3) is 0.622. The van der Waals surface area contributed by atoms with Crippen LogP contribution in [0.3, 0.4) is 0 Å². The Morgan fingerprint density at radius 2 is 1.59 bits per heavy atom. The zero-order chi connectivity index (χ0) is 36.0. The van der Waals surface area contributed by atoms with E-state index in [-0.39, 0.29) is 35.1 Å². The Balaban J connectivity index is 1.46. The number of rotatable bonds is 19. The Kier molecular flexibility index (Phi) is 15.5. The van der Waals surface area contributed by atoms with Crippen LogP contribution in [-0.2, 0) is 48.4 Å². The van der Waals surface area contributed by atoms with Gasteiger partial charge in [0.05, 0.1) is 18.6 Å². The van der Waals surface area contributed by atoms with Gasteiger partial charge >= 0.3 is 5.97 Å². The number of carbonyl (C=O) groups is 3. The highest BCUT2D eigenvalue weighted by Gasteiger charge is 2.29. The number of nitrogens with one attached hydrogen (secondary N) is 3. The molecular formula is C37H56N4O7S. The van der Waals surface area contributed by atoms with E-state index in [2.05, 4.69) is 48.3 Å². The predicted molar refractivity (Wildman–Crippen MR) is 190 cm³/mol. The molecule has 1 atom stereocenters. The topological polar surface area (TPSA) is 153 Å². The number of amides is 2. The van der Waals surface area contributed by atoms with E-state index in [1.54, 1.807) is 26.0 Å². The lowest BCUT2D eigenvalue weighted by Gasteiger charge is -2.20. The largest absolute Gasteiger partial charge is 0.494 e. The van der Waals surface area contributed by atoms with E-state index in [0.717, 1.165) is 44.2 Å². The molecule has 0 fully saturated rings. The van der Waals surface area contributed by atoms with Gasteiger partial charge in [-0.25, -0.2) is 8.42 Å². The molecule has 0 spiro atoms. The van der Waals surface area contributed by atoms with Gasteiger partial charge in [0.1, 0.15) is 11.8 Å². The summed E-state index contributed by atoms with van der Waals surface area (Å²) in [6.07, 6.45) is 9.77. The summed E-state index contributed by atoms with van der Waals surface area (Å²) >= 11 is 0. The smallest absolute Gasteiger partial charge is 0.325 e. The van der Waals surface area contributed by atoms with Crippen molar-refractivity contribution in [2.45, 2.75) is 123 Å². The zero-order valence-corrected chi connectivity index (χ0v) is 31.0. The van der Waals surface area contributed by atoms with Crippen LogP contribution in [0.2, 0.25) is 0 Å². The molecular weight excluding hydrogens is 644 g/mol. The van der Waals surface area contributed by atoms with Crippen LogP contribution < -0.4 is 20.1 Å². The Labute approximate surface area is 292 Å². The fourth-order valence-corrected chi connectivity index (χ4v) is 7.64. The van der Waals surface area contributed by atoms with E-state index >= 15 is 0 Å². The van der Waals surface area contributed by atoms with Crippen molar-refractivity contribution in [1.82, 2.24) is 20.3 Å². The number of ether oxygens (including phenoxy) is 2. The minimum Gasteiger partial charge on any atom is -0.494 e. The zero-order valence-electron chi connectivity index (χ0n) is 30.2. The number of carbonyl (C=O) groups excluding carboxylic acids is 3. The molecule has 1 aromatic carbocycles. The van der Waals surface area contributed by atoms with Crippen LogP contribution in [0.5, 0.6) is 5.75 Å². The van der Waals surface area contributed by atoms with Crippen molar-refractivity contribution >= 4 is 27.8 Å². The number of esters is 1. The van der Waals surface area contributed by atoms with Gasteiger partial charge in [-0.3, -0.25) is 19.4 Å². The lowest BCUT2D eigenvalue weighted by atomic mass is 9.91. The van der Waals surface area contributed by atoms with Crippen LogP contribution in [0.1, 0.15) is 107 Å². The number of aryl methyl sites for hydroxylation is 5. The maximum absolute atomic E-state index is 13.5. The minimum atomic E-state index is -4.17. The van der Waals surface area contributed by atoms with Gasteiger partial charge in [0.25, 0.3) is 0 Å². The molecule has 0 bridgehead atoms. The molecule has 2 aromatic rings. The first-order chi connectivity index (χ1) is 23.2. The summed E-state index contributed by atoms with van der Waals surface area (Å²) < 4.78 is 40.0. The summed E-state index contributed by atoms with van der Waals surface area (Å²) in [5, 5.41) is 5.61. The third kappa shape index (κ3) is 13.7. The molecule has 3 N–H and O–H groups in total. The molecule has 0 saturated carbocycles. The number of hydrogen-bond acceptors (Lipinski definition) is 8. The van der Waals surface area contributed by atoms with Crippen molar-refractivity contribution in [2.24, 2.45) is 5.41 Å². The highest BCUT2D eigenvalue weighted by atomic mass is 32.2. The molecule has 0 radical (unpaired) electrons. The van der Waals surface area contributed by atoms with Gasteiger partial charge in [0.2, 0.25) is 21.8 Å². The number of unbranched alkanes of at least 4 members (excludes halogenated alkanes) is 1. The number of pyridine rings is 1. The van der Waals surface area contributed by atoms with Gasteiger partial charge in [0, 0.05) is 37.3 Å². The lowest BCUT2D eigenvalue weighted by molar-refractivity contribution is -0.142. The van der Waals surface area contributed by atoms with E-state index in [9.17, 15) is 22.8 Å². The van der Waals surface area contributed by atoms with E-state index in [4.69, 9.17) is 14.5 Å². The Bertz CT molecular complexity index is 1510. The molecule has 1 heterocycles. The summed E-state index contributed by atoms with van der Waals surface area (Å²) in [5.41, 5.74) is 4.67. The van der Waals surface area contributed by atoms with E-state index in [1.165, 1.54) is 31.2 Å². The first-order valence-electron chi connectivity index (χ1n) is 17.5. The number of sulfonamides is 1. The molecule has 0 saturated heterocycles. The SMILES string of the molecule is COC(=O)[C@H](CNC(=O)CCCCc1ccc2c(n1)CCCC2)NS(=O)(=O)c1c(C)cc(OCCCC(=O)NCCCC(C)(C)C)cc1C. The summed E-state index contributed by atoms with van der Waals surface area (Å²) in [4.78, 5) is 42.1. The van der Waals surface area contributed by atoms with Crippen molar-refractivity contribution in [3.63, 3.8) is 0 Å². The molecule has 11 nitrogen and oxygen atoms in total. The maximum Gasteiger partial charge on any atom is 0.325 e. The summed E-state index contributed by atoms with van der Waals surface area (Å²) in [6.45, 7) is 10.5. The van der Waals surface area contributed by atoms with Crippen LogP contribution >= 0.6 is 0 Å². The monoisotopic (exact) mass is 700 g/mol. The Hall–Kier alpha value is -3.51. The summed E-state index contributed by atoms with van der Waals surface area (Å²) in [6, 6.07) is 6.16. The highest BCUT2D eigenvalue weighted by molar-refractivity contribution is 7.89. The molecule has 272 valence electrons. The minimum absolute atomic E-state index is 0.0190. The third-order valence-corrected chi connectivity index (χ3v) is 10.3. The number of hydrogen-bond donors (Lipinski definition) is 3. The highest BCUT2D eigenvalue weighted by Crippen LogP contribution is 2.26. The standard InChI is InChI=1S/C37H56N4O7S/c1-26-23-30(48-22-11-17-33(42)38-21-12-20-37(3,4)5)24-27(2)35(26)49(45,46)41-32(36(44)47-6)25-39-34(43)16-10-8-14-29-19-18-28-13-7-9-15-31(28)40-29/h18-19,23-24,32,41H,7-17,20-22,25H2,1-6H3,(H,38,42)(H,39,43)/t32-/m0/s1. The Morgan fingerprint density at radius 1 is 0.918 bits per heavy atom. The lowest BCUT2D eigenvalue weighted by Crippen LogP contribution is -2.49. The molecule has 0 aliphatic heterocycles. The number of aromatic nitrogens is 1. The van der Waals surface area contributed by atoms with Crippen LogP contribution in [0, 0.1) is 19.3 Å². The second-order valence-corrected chi connectivity index (χ2v) is 15.8. The van der Waals surface area contributed by atoms with Crippen LogP contribution in [0.25, 0.3) is 0 Å². The fourth-order valence-electron chi connectivity index (χ4n) is 6.00. The van der Waals surface area contributed by atoms with E-state index in [1.807, 2.05) is 0 Å². The van der Waals surface area contributed by atoms with Crippen molar-refractivity contribution < 1.29 is 32.3 Å². The van der Waals surface area contributed by atoms with Gasteiger partial charge in [0.15, 0.2) is 0 Å². The predicted octanol–water partition coefficient (Wildman–Crippen LogP) is 5.03. The molecule has 0 unspecified atom stereocenters. The van der Waals surface area contributed by atoms with Crippen molar-refractivity contribution in [3.8, 4) is 5.75 Å². The number of methoxy groups -OCH3 is 1. The van der Waals surface area contributed by atoms with Crippen molar-refractivity contribution in [1.29, 1.82) is 0 Å². The molecule has 49 heavy (non-hydrogen) atoms. The Morgan fingerprint density at radius 3 is 2.29 bits per heavy atom. The number of nitrogens with zero attached hydrogens (tertiary/aromatic N) is 1. The molecule has 1 aliphatic rings. The summed E-state index contributed by atoms with van der Waals surface area (Å²) in [7, 11) is -3.01. The van der Waals surface area contributed by atoms with Crippen molar-refractivity contribution in [2.75, 3.05) is 26.8 Å². The maximum atomic E-state index is 13.5. The number of fused-ring (bicyclic) bond motifs is 1. The van der Waals surface area contributed by atoms with Gasteiger partial charge in [-0.1, -0.05) is 26.8 Å². The van der Waals surface area contributed by atoms with Crippen molar-refractivity contribution in [3.05, 3.63) is 52.3 Å². The molecule has 1 aromatic heterocycles. The van der Waals surface area contributed by atoms with Crippen LogP contribution in [0.15, 0.2) is 29.2 Å². The second kappa shape index (κ2) is 19.0. The molecule has 2 amide bonds. The first kappa shape index (κ1) is 39.9. The van der Waals surface area contributed by atoms with E-state index < -0.39 is 22.0 Å². The van der Waals surface area contributed by atoms with Gasteiger partial charge in [-0.05, 0) is 118 Å². The van der Waals surface area contributed by atoms with E-state index in [0.29, 0.717) is 49.3 Å². The van der Waals surface area contributed by atoms with Gasteiger partial charge in [-0.15, -0.1) is 0 Å². The molecule has 3 rings (SSSR count). The van der Waals surface area contributed by atoms with Gasteiger partial charge in [-0.2, -0.15) is 4.72 Å². The van der Waals surface area contributed by atoms with Crippen LogP contribution in [-0.4, -0.2) is 64.0 Å². The third-order valence-electron chi connectivity index (χ3n) is 8.55. The normalized spacial score (nSPS) is 13.7. The van der Waals surface area contributed by atoms with Crippen LogP contribution in [0.4, 0.5) is 0 Å². The number of benzene rings is 1. The molecule has 1 aliphatic carbocycles. The average molecular weight is 701 g/mol. The quantitative estimate of drug-likeness (QED) is 0.136. The second-order valence-electron chi connectivity index (χ2n) is 14.2. The first-order valence-corrected chi connectivity index (χ1v) is 19.0. The average Bonchev–Trinajstić information content (AvgIpc) is 3.04.